The van der Waals surface area contributed by atoms with Gasteiger partial charge in [0.2, 0.25) is 15.9 Å². The van der Waals surface area contributed by atoms with Gasteiger partial charge in [0.15, 0.2) is 0 Å². The molecule has 1 aliphatic carbocycles. The summed E-state index contributed by atoms with van der Waals surface area (Å²) in [5.41, 5.74) is 3.52. The molecule has 3 atom stereocenters. The Morgan fingerprint density at radius 1 is 0.829 bits per heavy atom. The van der Waals surface area contributed by atoms with Gasteiger partial charge in [-0.1, -0.05) is 0 Å². The summed E-state index contributed by atoms with van der Waals surface area (Å²) in [5.74, 6) is 1.62. The van der Waals surface area contributed by atoms with Crippen molar-refractivity contribution in [1.82, 2.24) is 24.5 Å². The van der Waals surface area contributed by atoms with Crippen molar-refractivity contribution in [2.75, 3.05) is 53.4 Å². The molecule has 0 radical (unpaired) electrons. The predicted octanol–water partition coefficient (Wildman–Crippen LogP) is 2.13. The van der Waals surface area contributed by atoms with E-state index in [1.807, 2.05) is 4.31 Å². The van der Waals surface area contributed by atoms with Crippen LogP contribution >= 0.6 is 0 Å². The number of hydrogen-bond acceptors (Lipinski definition) is 6. The summed E-state index contributed by atoms with van der Waals surface area (Å²) in [5, 5.41) is 2.15. The van der Waals surface area contributed by atoms with Gasteiger partial charge in [-0.2, -0.15) is 0 Å². The van der Waals surface area contributed by atoms with Crippen LogP contribution in [0.25, 0.3) is 0 Å². The van der Waals surface area contributed by atoms with E-state index in [-0.39, 0.29) is 11.2 Å². The number of hydrazine groups is 1. The van der Waals surface area contributed by atoms with Gasteiger partial charge in [0.05, 0.1) is 11.2 Å². The van der Waals surface area contributed by atoms with Gasteiger partial charge in [0.25, 0.3) is 0 Å². The molecule has 1 N–H and O–H groups in total. The average Bonchev–Trinajstić information content (AvgIpc) is 3.32. The van der Waals surface area contributed by atoms with Crippen LogP contribution in [-0.4, -0.2) is 104 Å². The summed E-state index contributed by atoms with van der Waals surface area (Å²) in [4.78, 5) is 17.6. The highest BCUT2D eigenvalue weighted by Crippen LogP contribution is 2.39. The van der Waals surface area contributed by atoms with E-state index in [2.05, 4.69) is 34.3 Å². The van der Waals surface area contributed by atoms with E-state index in [1.165, 1.54) is 6.42 Å². The SMILES string of the molecule is CN(C)C1CCC(S(=O)(=O)N2CCC(C3CCN4NCC(C(=O)N5CCCCC5)C4C3)CC2)CC1. The standard InChI is InChI=1S/C26H47N5O3S/c1-28(2)22-6-8-23(9-7-22)35(33,34)30-15-10-20(11-16-30)21-12-17-31-25(18-21)24(19-27-31)26(32)29-13-4-3-5-14-29/h20-25,27H,3-19H2,1-2H3. The summed E-state index contributed by atoms with van der Waals surface area (Å²) in [7, 11) is 1.01. The molecule has 1 saturated carbocycles. The minimum atomic E-state index is -3.19. The molecule has 4 saturated heterocycles. The van der Waals surface area contributed by atoms with Gasteiger partial charge < -0.3 is 9.80 Å². The number of hydrogen-bond donors (Lipinski definition) is 1. The smallest absolute Gasteiger partial charge is 0.228 e. The fraction of sp³-hybridized carbons (Fsp3) is 0.962. The second kappa shape index (κ2) is 10.9. The maximum absolute atomic E-state index is 13.4. The minimum Gasteiger partial charge on any atom is -0.342 e. The lowest BCUT2D eigenvalue weighted by Crippen LogP contribution is -2.51. The Morgan fingerprint density at radius 3 is 2.14 bits per heavy atom. The van der Waals surface area contributed by atoms with Crippen molar-refractivity contribution in [3.63, 3.8) is 0 Å². The molecule has 0 aromatic heterocycles. The first-order valence-corrected chi connectivity index (χ1v) is 15.8. The molecule has 1 amide bonds. The van der Waals surface area contributed by atoms with Crippen LogP contribution in [-0.2, 0) is 14.8 Å². The third kappa shape index (κ3) is 5.44. The highest BCUT2D eigenvalue weighted by molar-refractivity contribution is 7.89. The molecule has 0 aromatic carbocycles. The molecule has 5 fully saturated rings. The van der Waals surface area contributed by atoms with Crippen molar-refractivity contribution in [2.24, 2.45) is 17.8 Å². The molecule has 4 aliphatic heterocycles. The van der Waals surface area contributed by atoms with Crippen LogP contribution in [0.4, 0.5) is 0 Å². The summed E-state index contributed by atoms with van der Waals surface area (Å²) < 4.78 is 28.6. The highest BCUT2D eigenvalue weighted by Gasteiger charge is 2.46. The first-order valence-electron chi connectivity index (χ1n) is 14.3. The fourth-order valence-corrected chi connectivity index (χ4v) is 9.67. The number of carbonyl (C=O) groups excluding carboxylic acids is 1. The third-order valence-electron chi connectivity index (χ3n) is 9.97. The molecule has 5 rings (SSSR count). The molecule has 0 bridgehead atoms. The van der Waals surface area contributed by atoms with Crippen molar-refractivity contribution < 1.29 is 13.2 Å². The number of fused-ring (bicyclic) bond motifs is 1. The fourth-order valence-electron chi connectivity index (χ4n) is 7.66. The van der Waals surface area contributed by atoms with Crippen molar-refractivity contribution >= 4 is 15.9 Å². The Kier molecular flexibility index (Phi) is 8.09. The van der Waals surface area contributed by atoms with Gasteiger partial charge in [-0.05, 0) is 96.6 Å². The van der Waals surface area contributed by atoms with Gasteiger partial charge in [-0.15, -0.1) is 0 Å². The largest absolute Gasteiger partial charge is 0.342 e. The normalized spacial score (nSPS) is 36.4. The Morgan fingerprint density at radius 2 is 1.49 bits per heavy atom. The van der Waals surface area contributed by atoms with E-state index in [0.29, 0.717) is 42.9 Å². The van der Waals surface area contributed by atoms with Gasteiger partial charge in [0.1, 0.15) is 0 Å². The van der Waals surface area contributed by atoms with Crippen molar-refractivity contribution in [2.45, 2.75) is 88.0 Å². The second-order valence-corrected chi connectivity index (χ2v) is 14.3. The van der Waals surface area contributed by atoms with Crippen LogP contribution in [0.15, 0.2) is 0 Å². The van der Waals surface area contributed by atoms with Crippen LogP contribution in [0.3, 0.4) is 0 Å². The molecule has 9 heteroatoms. The maximum atomic E-state index is 13.4. The van der Waals surface area contributed by atoms with E-state index in [1.54, 1.807) is 0 Å². The monoisotopic (exact) mass is 509 g/mol. The zero-order valence-electron chi connectivity index (χ0n) is 21.9. The van der Waals surface area contributed by atoms with Crippen molar-refractivity contribution in [3.8, 4) is 0 Å². The van der Waals surface area contributed by atoms with Gasteiger partial charge in [-0.3, -0.25) is 10.2 Å². The van der Waals surface area contributed by atoms with Crippen LogP contribution in [0.1, 0.15) is 70.6 Å². The number of piperidine rings is 3. The highest BCUT2D eigenvalue weighted by atomic mass is 32.2. The third-order valence-corrected chi connectivity index (χ3v) is 12.4. The van der Waals surface area contributed by atoms with Crippen molar-refractivity contribution in [3.05, 3.63) is 0 Å². The summed E-state index contributed by atoms with van der Waals surface area (Å²) in [6, 6.07) is 0.825. The summed E-state index contributed by atoms with van der Waals surface area (Å²) in [6.45, 7) is 5.00. The van der Waals surface area contributed by atoms with Crippen LogP contribution < -0.4 is 5.43 Å². The van der Waals surface area contributed by atoms with E-state index in [9.17, 15) is 13.2 Å². The lowest BCUT2D eigenvalue weighted by Gasteiger charge is -2.43. The van der Waals surface area contributed by atoms with Gasteiger partial charge >= 0.3 is 0 Å². The number of carbonyl (C=O) groups is 1. The molecule has 8 nitrogen and oxygen atoms in total. The first-order chi connectivity index (χ1) is 16.8. The van der Waals surface area contributed by atoms with Crippen LogP contribution in [0.2, 0.25) is 0 Å². The molecule has 5 aliphatic rings. The average molecular weight is 510 g/mol. The van der Waals surface area contributed by atoms with Gasteiger partial charge in [-0.25, -0.2) is 17.7 Å². The van der Waals surface area contributed by atoms with E-state index in [0.717, 1.165) is 90.4 Å². The quantitative estimate of drug-likeness (QED) is 0.612. The Balaban J connectivity index is 1.14. The number of sulfonamides is 1. The number of likely N-dealkylation sites (tertiary alicyclic amines) is 1. The molecule has 3 unspecified atom stereocenters. The Hall–Kier alpha value is -0.740. The molecule has 4 heterocycles. The van der Waals surface area contributed by atoms with Crippen LogP contribution in [0.5, 0.6) is 0 Å². The maximum Gasteiger partial charge on any atom is 0.228 e. The Labute approximate surface area is 212 Å². The summed E-state index contributed by atoms with van der Waals surface area (Å²) in [6.07, 6.45) is 11.3. The molecule has 35 heavy (non-hydrogen) atoms. The molecule has 200 valence electrons. The molecular weight excluding hydrogens is 462 g/mol. The second-order valence-electron chi connectivity index (χ2n) is 12.1. The zero-order valence-corrected chi connectivity index (χ0v) is 22.7. The summed E-state index contributed by atoms with van der Waals surface area (Å²) >= 11 is 0. The predicted molar refractivity (Wildman–Crippen MR) is 138 cm³/mol. The van der Waals surface area contributed by atoms with E-state index < -0.39 is 10.0 Å². The first kappa shape index (κ1) is 25.9. The number of nitrogens with zero attached hydrogens (tertiary/aromatic N) is 4. The molecular formula is C26H47N5O3S. The molecule has 0 aromatic rings. The zero-order chi connectivity index (χ0) is 24.6. The molecule has 0 spiro atoms. The van der Waals surface area contributed by atoms with Crippen LogP contribution in [0, 0.1) is 17.8 Å². The lowest BCUT2D eigenvalue weighted by atomic mass is 9.75. The Bertz CT molecular complexity index is 830. The van der Waals surface area contributed by atoms with E-state index >= 15 is 0 Å². The lowest BCUT2D eigenvalue weighted by molar-refractivity contribution is -0.137. The van der Waals surface area contributed by atoms with Crippen molar-refractivity contribution in [1.29, 1.82) is 0 Å². The van der Waals surface area contributed by atoms with Gasteiger partial charge in [0, 0.05) is 51.4 Å². The topological polar surface area (TPSA) is 76.2 Å². The number of rotatable bonds is 5. The number of nitrogens with one attached hydrogen (secondary N) is 1. The number of amides is 1. The minimum absolute atomic E-state index is 0.0775. The van der Waals surface area contributed by atoms with E-state index in [4.69, 9.17) is 0 Å².